The maximum absolute atomic E-state index is 12.8. The van der Waals surface area contributed by atoms with Crippen molar-refractivity contribution in [2.75, 3.05) is 32.8 Å². The summed E-state index contributed by atoms with van der Waals surface area (Å²) in [6, 6.07) is 14.8. The summed E-state index contributed by atoms with van der Waals surface area (Å²) in [6.07, 6.45) is -0.448. The van der Waals surface area contributed by atoms with E-state index >= 15 is 0 Å². The summed E-state index contributed by atoms with van der Waals surface area (Å²) in [5.74, 6) is -0.749. The van der Waals surface area contributed by atoms with E-state index in [1.807, 2.05) is 36.4 Å². The van der Waals surface area contributed by atoms with Gasteiger partial charge in [-0.05, 0) is 23.3 Å². The Hall–Kier alpha value is -2.41. The monoisotopic (exact) mass is 414 g/mol. The number of fused-ring (bicyclic) bond motifs is 1. The predicted molar refractivity (Wildman–Crippen MR) is 109 cm³/mol. The molecular formula is C22H23ClN2O4. The van der Waals surface area contributed by atoms with Crippen LogP contribution in [0, 0.1) is 0 Å². The molecule has 4 rings (SSSR count). The van der Waals surface area contributed by atoms with Gasteiger partial charge < -0.3 is 14.8 Å². The van der Waals surface area contributed by atoms with E-state index in [0.29, 0.717) is 36.8 Å². The fourth-order valence-corrected chi connectivity index (χ4v) is 4.12. The topological polar surface area (TPSA) is 67.9 Å². The van der Waals surface area contributed by atoms with Crippen LogP contribution in [0.4, 0.5) is 0 Å². The molecule has 0 aliphatic carbocycles. The van der Waals surface area contributed by atoms with Crippen molar-refractivity contribution in [1.82, 2.24) is 10.2 Å². The second-order valence-electron chi connectivity index (χ2n) is 7.19. The zero-order valence-corrected chi connectivity index (χ0v) is 16.7. The molecule has 1 amide bonds. The average molecular weight is 415 g/mol. The Morgan fingerprint density at radius 1 is 1.14 bits per heavy atom. The number of halogens is 1. The number of amides is 1. The van der Waals surface area contributed by atoms with E-state index in [0.717, 1.165) is 24.2 Å². The van der Waals surface area contributed by atoms with Crippen molar-refractivity contribution < 1.29 is 19.1 Å². The fraction of sp³-hybridized carbons (Fsp3) is 0.364. The van der Waals surface area contributed by atoms with Gasteiger partial charge in [0.15, 0.2) is 6.10 Å². The Labute approximate surface area is 174 Å². The Morgan fingerprint density at radius 3 is 2.66 bits per heavy atom. The molecule has 2 aliphatic rings. The lowest BCUT2D eigenvalue weighted by atomic mass is 9.98. The van der Waals surface area contributed by atoms with Crippen LogP contribution in [-0.4, -0.2) is 55.7 Å². The lowest BCUT2D eigenvalue weighted by molar-refractivity contribution is -0.130. The van der Waals surface area contributed by atoms with Crippen LogP contribution in [0.1, 0.15) is 27.5 Å². The molecule has 2 heterocycles. The minimum absolute atomic E-state index is 0.0804. The average Bonchev–Trinajstić information content (AvgIpc) is 2.75. The maximum Gasteiger partial charge on any atom is 0.339 e. The molecule has 0 spiro atoms. The van der Waals surface area contributed by atoms with E-state index in [1.165, 1.54) is 0 Å². The van der Waals surface area contributed by atoms with Crippen LogP contribution in [0.5, 0.6) is 0 Å². The summed E-state index contributed by atoms with van der Waals surface area (Å²) in [4.78, 5) is 27.3. The molecule has 0 aromatic heterocycles. The molecule has 2 aromatic carbocycles. The highest BCUT2D eigenvalue weighted by Crippen LogP contribution is 2.28. The van der Waals surface area contributed by atoms with Gasteiger partial charge >= 0.3 is 5.97 Å². The van der Waals surface area contributed by atoms with Crippen LogP contribution in [0.3, 0.4) is 0 Å². The van der Waals surface area contributed by atoms with Crippen LogP contribution in [-0.2, 0) is 20.7 Å². The molecule has 29 heavy (non-hydrogen) atoms. The molecule has 2 aliphatic heterocycles. The van der Waals surface area contributed by atoms with Gasteiger partial charge in [-0.3, -0.25) is 9.69 Å². The lowest BCUT2D eigenvalue weighted by Crippen LogP contribution is -2.47. The second-order valence-corrected chi connectivity index (χ2v) is 7.59. The molecule has 0 saturated carbocycles. The number of morpholine rings is 1. The van der Waals surface area contributed by atoms with E-state index < -0.39 is 12.1 Å². The number of carbonyl (C=O) groups is 2. The summed E-state index contributed by atoms with van der Waals surface area (Å²) in [7, 11) is 0. The summed E-state index contributed by atoms with van der Waals surface area (Å²) in [5.41, 5.74) is 2.32. The highest BCUT2D eigenvalue weighted by molar-refractivity contribution is 6.31. The highest BCUT2D eigenvalue weighted by atomic mass is 35.5. The van der Waals surface area contributed by atoms with E-state index in [4.69, 9.17) is 21.1 Å². The third-order valence-corrected chi connectivity index (χ3v) is 5.75. The Morgan fingerprint density at radius 2 is 1.86 bits per heavy atom. The molecule has 0 unspecified atom stereocenters. The number of cyclic esters (lactones) is 1. The number of hydrogen-bond donors (Lipinski definition) is 1. The van der Waals surface area contributed by atoms with Crippen LogP contribution >= 0.6 is 11.6 Å². The van der Waals surface area contributed by atoms with Gasteiger partial charge in [-0.2, -0.15) is 0 Å². The van der Waals surface area contributed by atoms with Crippen molar-refractivity contribution in [3.63, 3.8) is 0 Å². The van der Waals surface area contributed by atoms with Crippen molar-refractivity contribution >= 4 is 23.5 Å². The zero-order valence-electron chi connectivity index (χ0n) is 16.0. The van der Waals surface area contributed by atoms with E-state index in [2.05, 4.69) is 10.2 Å². The van der Waals surface area contributed by atoms with Crippen LogP contribution in [0.2, 0.25) is 5.02 Å². The first-order valence-corrected chi connectivity index (χ1v) is 10.1. The smallest absolute Gasteiger partial charge is 0.339 e. The fourth-order valence-electron chi connectivity index (χ4n) is 3.86. The largest absolute Gasteiger partial charge is 0.448 e. The summed E-state index contributed by atoms with van der Waals surface area (Å²) < 4.78 is 10.8. The van der Waals surface area contributed by atoms with Gasteiger partial charge in [0.05, 0.1) is 24.8 Å². The number of benzene rings is 2. The molecule has 1 saturated heterocycles. The number of hydrogen-bond acceptors (Lipinski definition) is 5. The van der Waals surface area contributed by atoms with Gasteiger partial charge in [0.25, 0.3) is 5.91 Å². The molecule has 2 aromatic rings. The minimum Gasteiger partial charge on any atom is -0.448 e. The SMILES string of the molecule is O=C1O[C@@H](C(=O)NC[C@H](c2ccccc2Cl)N2CCOCC2)Cc2ccccc21. The quantitative estimate of drug-likeness (QED) is 0.762. The molecule has 1 fully saturated rings. The first-order chi connectivity index (χ1) is 14.1. The van der Waals surface area contributed by atoms with Crippen LogP contribution < -0.4 is 5.32 Å². The zero-order chi connectivity index (χ0) is 20.2. The summed E-state index contributed by atoms with van der Waals surface area (Å²) in [6.45, 7) is 3.19. The second kappa shape index (κ2) is 8.95. The van der Waals surface area contributed by atoms with Crippen molar-refractivity contribution in [3.05, 3.63) is 70.2 Å². The van der Waals surface area contributed by atoms with Gasteiger partial charge in [-0.15, -0.1) is 0 Å². The maximum atomic E-state index is 12.8. The molecule has 152 valence electrons. The Balaban J connectivity index is 1.47. The van der Waals surface area contributed by atoms with Gasteiger partial charge in [0, 0.05) is 31.1 Å². The van der Waals surface area contributed by atoms with Gasteiger partial charge in [0.1, 0.15) is 0 Å². The van der Waals surface area contributed by atoms with Crippen LogP contribution in [0.25, 0.3) is 0 Å². The summed E-state index contributed by atoms with van der Waals surface area (Å²) >= 11 is 6.44. The molecule has 6 nitrogen and oxygen atoms in total. The van der Waals surface area contributed by atoms with E-state index in [1.54, 1.807) is 12.1 Å². The molecule has 7 heteroatoms. The first-order valence-electron chi connectivity index (χ1n) is 9.76. The Bertz CT molecular complexity index is 898. The minimum atomic E-state index is -0.825. The molecule has 0 bridgehead atoms. The van der Waals surface area contributed by atoms with Gasteiger partial charge in [-0.25, -0.2) is 4.79 Å². The molecule has 2 atom stereocenters. The van der Waals surface area contributed by atoms with Crippen molar-refractivity contribution in [1.29, 1.82) is 0 Å². The van der Waals surface area contributed by atoms with Crippen molar-refractivity contribution in [2.45, 2.75) is 18.6 Å². The standard InChI is InChI=1S/C22H23ClN2O4/c23-18-8-4-3-7-17(18)19(25-9-11-28-12-10-25)14-24-21(26)20-13-15-5-1-2-6-16(15)22(27)29-20/h1-8,19-20H,9-14H2,(H,24,26)/t19-,20-/m1/s1. The van der Waals surface area contributed by atoms with Gasteiger partial charge in [0.2, 0.25) is 0 Å². The summed E-state index contributed by atoms with van der Waals surface area (Å²) in [5, 5.41) is 3.63. The highest BCUT2D eigenvalue weighted by Gasteiger charge is 2.32. The van der Waals surface area contributed by atoms with Gasteiger partial charge in [-0.1, -0.05) is 48.0 Å². The van der Waals surface area contributed by atoms with Crippen LogP contribution in [0.15, 0.2) is 48.5 Å². The number of carbonyl (C=O) groups excluding carboxylic acids is 2. The van der Waals surface area contributed by atoms with E-state index in [-0.39, 0.29) is 11.9 Å². The first kappa shape index (κ1) is 19.9. The van der Waals surface area contributed by atoms with Crippen molar-refractivity contribution in [3.8, 4) is 0 Å². The number of nitrogens with one attached hydrogen (secondary N) is 1. The normalized spacial score (nSPS) is 20.4. The number of nitrogens with zero attached hydrogens (tertiary/aromatic N) is 1. The molecule has 0 radical (unpaired) electrons. The number of rotatable bonds is 5. The third-order valence-electron chi connectivity index (χ3n) is 5.40. The number of esters is 1. The number of ether oxygens (including phenoxy) is 2. The third kappa shape index (κ3) is 4.45. The predicted octanol–water partition coefficient (Wildman–Crippen LogP) is 2.61. The molecule has 1 N–H and O–H groups in total. The molecular weight excluding hydrogens is 392 g/mol. The van der Waals surface area contributed by atoms with E-state index in [9.17, 15) is 9.59 Å². The van der Waals surface area contributed by atoms with Crippen molar-refractivity contribution in [2.24, 2.45) is 0 Å². The lowest BCUT2D eigenvalue weighted by Gasteiger charge is -2.35. The Kier molecular flexibility index (Phi) is 6.13.